The molecular formula is C15H26O. The normalized spacial score (nSPS) is 42.1. The number of aliphatic hydroxyl groups is 1. The fourth-order valence-electron chi connectivity index (χ4n) is 3.83. The smallest absolute Gasteiger partial charge is 0.0890 e. The maximum Gasteiger partial charge on any atom is 0.0890 e. The van der Waals surface area contributed by atoms with Gasteiger partial charge >= 0.3 is 0 Å². The molecule has 92 valence electrons. The zero-order valence-corrected chi connectivity index (χ0v) is 11.4. The summed E-state index contributed by atoms with van der Waals surface area (Å²) in [4.78, 5) is 0. The van der Waals surface area contributed by atoms with Crippen LogP contribution in [0, 0.1) is 23.2 Å². The molecule has 2 aliphatic carbocycles. The summed E-state index contributed by atoms with van der Waals surface area (Å²) in [6, 6.07) is 0. The van der Waals surface area contributed by atoms with Crippen LogP contribution in [0.3, 0.4) is 0 Å². The molecule has 0 radical (unpaired) electrons. The molecule has 0 aromatic rings. The minimum atomic E-state index is -0.483. The maximum atomic E-state index is 11.0. The van der Waals surface area contributed by atoms with E-state index < -0.39 is 5.60 Å². The topological polar surface area (TPSA) is 20.2 Å². The van der Waals surface area contributed by atoms with Crippen LogP contribution in [0.2, 0.25) is 0 Å². The van der Waals surface area contributed by atoms with Crippen LogP contribution in [0.5, 0.6) is 0 Å². The van der Waals surface area contributed by atoms with Crippen molar-refractivity contribution in [2.45, 2.75) is 59.5 Å². The number of hydrogen-bond acceptors (Lipinski definition) is 1. The Morgan fingerprint density at radius 3 is 2.56 bits per heavy atom. The fraction of sp³-hybridized carbons (Fsp3) is 0.867. The third-order valence-electron chi connectivity index (χ3n) is 4.70. The number of hydrogen-bond donors (Lipinski definition) is 1. The van der Waals surface area contributed by atoms with Crippen LogP contribution >= 0.6 is 0 Å². The molecule has 0 heterocycles. The van der Waals surface area contributed by atoms with Crippen molar-refractivity contribution in [2.24, 2.45) is 23.2 Å². The molecule has 1 fully saturated rings. The quantitative estimate of drug-likeness (QED) is 0.669. The van der Waals surface area contributed by atoms with Crippen LogP contribution < -0.4 is 0 Å². The van der Waals surface area contributed by atoms with E-state index in [1.165, 1.54) is 5.57 Å². The van der Waals surface area contributed by atoms with Gasteiger partial charge in [-0.2, -0.15) is 0 Å². The molecule has 1 N–H and O–H groups in total. The zero-order valence-electron chi connectivity index (χ0n) is 11.4. The number of allylic oxidation sites excluding steroid dienone is 1. The van der Waals surface area contributed by atoms with Crippen molar-refractivity contribution in [3.63, 3.8) is 0 Å². The lowest BCUT2D eigenvalue weighted by Crippen LogP contribution is -2.45. The van der Waals surface area contributed by atoms with Gasteiger partial charge in [0.25, 0.3) is 0 Å². The first-order valence-corrected chi connectivity index (χ1v) is 6.72. The predicted molar refractivity (Wildman–Crippen MR) is 68.2 cm³/mol. The monoisotopic (exact) mass is 222 g/mol. The molecule has 3 atom stereocenters. The van der Waals surface area contributed by atoms with E-state index >= 15 is 0 Å². The second kappa shape index (κ2) is 3.60. The zero-order chi connectivity index (χ0) is 12.1. The Balaban J connectivity index is 2.44. The Kier molecular flexibility index (Phi) is 2.73. The van der Waals surface area contributed by atoms with Crippen molar-refractivity contribution in [1.82, 2.24) is 0 Å². The molecule has 1 heteroatoms. The minimum Gasteiger partial charge on any atom is -0.385 e. The molecule has 0 amide bonds. The summed E-state index contributed by atoms with van der Waals surface area (Å²) in [5.74, 6) is 1.58. The van der Waals surface area contributed by atoms with Gasteiger partial charge in [-0.25, -0.2) is 0 Å². The lowest BCUT2D eigenvalue weighted by molar-refractivity contribution is -0.0255. The molecule has 0 bridgehead atoms. The van der Waals surface area contributed by atoms with E-state index in [0.29, 0.717) is 17.8 Å². The van der Waals surface area contributed by atoms with Crippen LogP contribution in [0.1, 0.15) is 53.9 Å². The summed E-state index contributed by atoms with van der Waals surface area (Å²) in [5.41, 5.74) is 1.11. The average molecular weight is 222 g/mol. The molecule has 1 nitrogen and oxygen atoms in total. The van der Waals surface area contributed by atoms with E-state index in [9.17, 15) is 5.11 Å². The minimum absolute atomic E-state index is 0.259. The molecule has 2 rings (SSSR count). The average Bonchev–Trinajstić information content (AvgIpc) is 2.43. The third kappa shape index (κ3) is 1.73. The van der Waals surface area contributed by atoms with Gasteiger partial charge in [0.2, 0.25) is 0 Å². The van der Waals surface area contributed by atoms with E-state index in [1.807, 2.05) is 0 Å². The van der Waals surface area contributed by atoms with Gasteiger partial charge in [-0.3, -0.25) is 0 Å². The maximum absolute atomic E-state index is 11.0. The van der Waals surface area contributed by atoms with Crippen molar-refractivity contribution in [3.05, 3.63) is 11.6 Å². The van der Waals surface area contributed by atoms with E-state index in [2.05, 4.69) is 40.7 Å². The molecule has 1 saturated carbocycles. The van der Waals surface area contributed by atoms with E-state index in [1.54, 1.807) is 0 Å². The summed E-state index contributed by atoms with van der Waals surface area (Å²) >= 11 is 0. The van der Waals surface area contributed by atoms with Crippen molar-refractivity contribution < 1.29 is 5.11 Å². The van der Waals surface area contributed by atoms with E-state index in [-0.39, 0.29) is 5.41 Å². The summed E-state index contributed by atoms with van der Waals surface area (Å²) in [6.45, 7) is 11.4. The first-order chi connectivity index (χ1) is 7.26. The highest BCUT2D eigenvalue weighted by Gasteiger charge is 2.51. The van der Waals surface area contributed by atoms with Gasteiger partial charge in [0.1, 0.15) is 0 Å². The fourth-order valence-corrected chi connectivity index (χ4v) is 3.83. The molecular weight excluding hydrogens is 196 g/mol. The van der Waals surface area contributed by atoms with E-state index in [4.69, 9.17) is 0 Å². The number of fused-ring (bicyclic) bond motifs is 1. The van der Waals surface area contributed by atoms with Crippen LogP contribution in [-0.4, -0.2) is 10.7 Å². The summed E-state index contributed by atoms with van der Waals surface area (Å²) in [6.07, 6.45) is 5.61. The van der Waals surface area contributed by atoms with Crippen LogP contribution in [0.4, 0.5) is 0 Å². The van der Waals surface area contributed by atoms with Gasteiger partial charge in [0.15, 0.2) is 0 Å². The Morgan fingerprint density at radius 2 is 2.00 bits per heavy atom. The van der Waals surface area contributed by atoms with Crippen molar-refractivity contribution in [3.8, 4) is 0 Å². The van der Waals surface area contributed by atoms with Gasteiger partial charge in [-0.05, 0) is 48.0 Å². The first kappa shape index (κ1) is 12.2. The van der Waals surface area contributed by atoms with Crippen LogP contribution in [0.25, 0.3) is 0 Å². The molecule has 0 aromatic heterocycles. The Hall–Kier alpha value is -0.300. The van der Waals surface area contributed by atoms with Crippen LogP contribution in [-0.2, 0) is 0 Å². The highest BCUT2D eigenvalue weighted by Crippen LogP contribution is 2.54. The van der Waals surface area contributed by atoms with Gasteiger partial charge in [-0.15, -0.1) is 0 Å². The highest BCUT2D eigenvalue weighted by atomic mass is 16.3. The van der Waals surface area contributed by atoms with Gasteiger partial charge < -0.3 is 5.11 Å². The molecule has 0 spiro atoms. The largest absolute Gasteiger partial charge is 0.385 e. The van der Waals surface area contributed by atoms with Gasteiger partial charge in [0, 0.05) is 0 Å². The van der Waals surface area contributed by atoms with Gasteiger partial charge in [0.05, 0.1) is 5.60 Å². The first-order valence-electron chi connectivity index (χ1n) is 6.72. The van der Waals surface area contributed by atoms with Crippen molar-refractivity contribution in [2.75, 3.05) is 0 Å². The molecule has 16 heavy (non-hydrogen) atoms. The Morgan fingerprint density at radius 1 is 1.38 bits per heavy atom. The molecule has 0 aromatic carbocycles. The molecule has 0 aliphatic heterocycles. The summed E-state index contributed by atoms with van der Waals surface area (Å²) in [5, 5.41) is 11.0. The molecule has 0 unspecified atom stereocenters. The standard InChI is InChI=1S/C15H26O/c1-10(2)12-8-14(4,5)9-13-11(3)6-7-15(12,13)16/h9-12,16H,6-8H2,1-5H3/t11-,12-,15+/m1/s1. The molecule has 2 aliphatic rings. The summed E-state index contributed by atoms with van der Waals surface area (Å²) < 4.78 is 0. The molecule has 0 saturated heterocycles. The van der Waals surface area contributed by atoms with Crippen molar-refractivity contribution in [1.29, 1.82) is 0 Å². The second-order valence-electron chi connectivity index (χ2n) is 7.01. The second-order valence-corrected chi connectivity index (χ2v) is 7.01. The lowest BCUT2D eigenvalue weighted by atomic mass is 9.62. The Labute approximate surface area is 99.9 Å². The third-order valence-corrected chi connectivity index (χ3v) is 4.70. The van der Waals surface area contributed by atoms with Gasteiger partial charge in [-0.1, -0.05) is 40.7 Å². The highest BCUT2D eigenvalue weighted by molar-refractivity contribution is 5.31. The van der Waals surface area contributed by atoms with Crippen molar-refractivity contribution >= 4 is 0 Å². The summed E-state index contributed by atoms with van der Waals surface area (Å²) in [7, 11) is 0. The van der Waals surface area contributed by atoms with Crippen LogP contribution in [0.15, 0.2) is 11.6 Å². The van der Waals surface area contributed by atoms with E-state index in [0.717, 1.165) is 19.3 Å². The number of rotatable bonds is 1. The SMILES string of the molecule is CC(C)[C@H]1CC(C)(C)C=C2[C@H](C)CC[C@@]21O. The predicted octanol–water partition coefficient (Wildman–Crippen LogP) is 3.78. The Bertz CT molecular complexity index is 313. The lowest BCUT2D eigenvalue weighted by Gasteiger charge is -2.46.